The van der Waals surface area contributed by atoms with E-state index in [1.807, 2.05) is 14.1 Å². The third-order valence-electron chi connectivity index (χ3n) is 3.99. The Labute approximate surface area is 113 Å². The molecule has 19 heavy (non-hydrogen) atoms. The molecule has 0 aliphatic heterocycles. The zero-order chi connectivity index (χ0) is 13.8. The first kappa shape index (κ1) is 13.8. The van der Waals surface area contributed by atoms with Gasteiger partial charge in [-0.15, -0.1) is 0 Å². The molecule has 0 radical (unpaired) electrons. The molecule has 0 spiro atoms. The summed E-state index contributed by atoms with van der Waals surface area (Å²) in [6.07, 6.45) is 6.02. The van der Waals surface area contributed by atoms with E-state index >= 15 is 0 Å². The van der Waals surface area contributed by atoms with Gasteiger partial charge in [0.15, 0.2) is 11.5 Å². The van der Waals surface area contributed by atoms with Crippen LogP contribution >= 0.6 is 0 Å². The molecule has 1 fully saturated rings. The molecule has 1 saturated carbocycles. The van der Waals surface area contributed by atoms with Crippen molar-refractivity contribution in [3.63, 3.8) is 0 Å². The largest absolute Gasteiger partial charge is 0.370 e. The number of hydrogen-bond acceptors (Lipinski definition) is 4. The molecule has 1 heterocycles. The Morgan fingerprint density at radius 3 is 2.63 bits per heavy atom. The SMILES string of the molecule is CNC1CCC(N(C)c2cnc(C#N)c(F)c2)CC1. The van der Waals surface area contributed by atoms with Crippen molar-refractivity contribution in [2.24, 2.45) is 0 Å². The van der Waals surface area contributed by atoms with Gasteiger partial charge in [0.2, 0.25) is 0 Å². The molecule has 102 valence electrons. The summed E-state index contributed by atoms with van der Waals surface area (Å²) in [5, 5.41) is 12.0. The first-order valence-corrected chi connectivity index (χ1v) is 6.61. The molecule has 0 amide bonds. The topological polar surface area (TPSA) is 52.0 Å². The lowest BCUT2D eigenvalue weighted by Crippen LogP contribution is -2.39. The van der Waals surface area contributed by atoms with Crippen LogP contribution in [0.15, 0.2) is 12.3 Å². The Morgan fingerprint density at radius 2 is 2.11 bits per heavy atom. The maximum Gasteiger partial charge on any atom is 0.176 e. The van der Waals surface area contributed by atoms with Crippen LogP contribution in [-0.4, -0.2) is 31.2 Å². The molecule has 0 saturated heterocycles. The molecule has 5 heteroatoms. The average molecular weight is 262 g/mol. The number of nitrogens with one attached hydrogen (secondary N) is 1. The minimum atomic E-state index is -0.546. The van der Waals surface area contributed by atoms with Crippen LogP contribution < -0.4 is 10.2 Å². The van der Waals surface area contributed by atoms with Gasteiger partial charge in [-0.2, -0.15) is 5.26 Å². The standard InChI is InChI=1S/C14H19FN4/c1-17-10-3-5-11(6-4-10)19(2)12-7-13(15)14(8-16)18-9-12/h7,9-11,17H,3-6H2,1-2H3. The van der Waals surface area contributed by atoms with Crippen LogP contribution in [0.5, 0.6) is 0 Å². The summed E-state index contributed by atoms with van der Waals surface area (Å²) in [7, 11) is 3.96. The Kier molecular flexibility index (Phi) is 4.33. The molecule has 1 aromatic rings. The predicted molar refractivity (Wildman–Crippen MR) is 72.4 cm³/mol. The summed E-state index contributed by atoms with van der Waals surface area (Å²) in [6.45, 7) is 0. The molecule has 0 aromatic carbocycles. The van der Waals surface area contributed by atoms with Gasteiger partial charge in [-0.1, -0.05) is 0 Å². The molecule has 0 bridgehead atoms. The fourth-order valence-electron chi connectivity index (χ4n) is 2.67. The fourth-order valence-corrected chi connectivity index (χ4v) is 2.67. The van der Waals surface area contributed by atoms with Crippen LogP contribution in [0, 0.1) is 17.1 Å². The number of nitriles is 1. The number of pyridine rings is 1. The summed E-state index contributed by atoms with van der Waals surface area (Å²) in [4.78, 5) is 5.93. The molecule has 1 aliphatic rings. The third kappa shape index (κ3) is 3.02. The molecule has 1 aliphatic carbocycles. The maximum absolute atomic E-state index is 13.6. The van der Waals surface area contributed by atoms with Crippen molar-refractivity contribution in [3.05, 3.63) is 23.8 Å². The summed E-state index contributed by atoms with van der Waals surface area (Å²) >= 11 is 0. The minimum Gasteiger partial charge on any atom is -0.370 e. The zero-order valence-electron chi connectivity index (χ0n) is 11.4. The first-order valence-electron chi connectivity index (χ1n) is 6.61. The van der Waals surface area contributed by atoms with Gasteiger partial charge in [0.25, 0.3) is 0 Å². The van der Waals surface area contributed by atoms with E-state index in [1.54, 1.807) is 12.3 Å². The van der Waals surface area contributed by atoms with Gasteiger partial charge in [0.1, 0.15) is 6.07 Å². The van der Waals surface area contributed by atoms with Crippen LogP contribution in [0.1, 0.15) is 31.4 Å². The zero-order valence-corrected chi connectivity index (χ0v) is 11.4. The number of nitrogens with zero attached hydrogens (tertiary/aromatic N) is 3. The Morgan fingerprint density at radius 1 is 1.42 bits per heavy atom. The smallest absolute Gasteiger partial charge is 0.176 e. The van der Waals surface area contributed by atoms with Gasteiger partial charge in [-0.3, -0.25) is 0 Å². The molecule has 1 aromatic heterocycles. The first-order chi connectivity index (χ1) is 9.15. The molecule has 0 unspecified atom stereocenters. The van der Waals surface area contributed by atoms with Gasteiger partial charge in [-0.05, 0) is 32.7 Å². The highest BCUT2D eigenvalue weighted by Gasteiger charge is 2.23. The highest BCUT2D eigenvalue weighted by Crippen LogP contribution is 2.26. The van der Waals surface area contributed by atoms with Crippen LogP contribution in [0.4, 0.5) is 10.1 Å². The molecule has 2 rings (SSSR count). The van der Waals surface area contributed by atoms with E-state index in [9.17, 15) is 4.39 Å². The molecule has 0 atom stereocenters. The monoisotopic (exact) mass is 262 g/mol. The Balaban J connectivity index is 2.06. The number of hydrogen-bond donors (Lipinski definition) is 1. The number of anilines is 1. The normalized spacial score (nSPS) is 22.8. The number of rotatable bonds is 3. The van der Waals surface area contributed by atoms with E-state index in [0.717, 1.165) is 31.4 Å². The lowest BCUT2D eigenvalue weighted by molar-refractivity contribution is 0.351. The van der Waals surface area contributed by atoms with Crippen LogP contribution in [0.2, 0.25) is 0 Å². The van der Waals surface area contributed by atoms with Gasteiger partial charge in [-0.25, -0.2) is 9.37 Å². The second-order valence-corrected chi connectivity index (χ2v) is 5.04. The van der Waals surface area contributed by atoms with Gasteiger partial charge < -0.3 is 10.2 Å². The van der Waals surface area contributed by atoms with Crippen molar-refractivity contribution in [1.29, 1.82) is 5.26 Å². The predicted octanol–water partition coefficient (Wildman–Crippen LogP) is 2.06. The molecule has 1 N–H and O–H groups in total. The summed E-state index contributed by atoms with van der Waals surface area (Å²) in [5.74, 6) is -0.546. The van der Waals surface area contributed by atoms with Gasteiger partial charge in [0, 0.05) is 25.2 Å². The highest BCUT2D eigenvalue weighted by molar-refractivity contribution is 5.46. The van der Waals surface area contributed by atoms with Crippen molar-refractivity contribution in [3.8, 4) is 6.07 Å². The minimum absolute atomic E-state index is 0.143. The fraction of sp³-hybridized carbons (Fsp3) is 0.571. The van der Waals surface area contributed by atoms with Crippen molar-refractivity contribution in [2.75, 3.05) is 19.0 Å². The molecular weight excluding hydrogens is 243 g/mol. The lowest BCUT2D eigenvalue weighted by atomic mass is 9.90. The van der Waals surface area contributed by atoms with Crippen molar-refractivity contribution in [1.82, 2.24) is 10.3 Å². The summed E-state index contributed by atoms with van der Waals surface area (Å²) < 4.78 is 13.6. The van der Waals surface area contributed by atoms with E-state index in [0.29, 0.717) is 12.1 Å². The lowest BCUT2D eigenvalue weighted by Gasteiger charge is -2.35. The Hall–Kier alpha value is -1.67. The molecule has 4 nitrogen and oxygen atoms in total. The maximum atomic E-state index is 13.6. The highest BCUT2D eigenvalue weighted by atomic mass is 19.1. The average Bonchev–Trinajstić information content (AvgIpc) is 2.46. The Bertz CT molecular complexity index is 475. The van der Waals surface area contributed by atoms with E-state index < -0.39 is 5.82 Å². The molecular formula is C14H19FN4. The van der Waals surface area contributed by atoms with Gasteiger partial charge >= 0.3 is 0 Å². The van der Waals surface area contributed by atoms with Crippen molar-refractivity contribution < 1.29 is 4.39 Å². The second-order valence-electron chi connectivity index (χ2n) is 5.04. The quantitative estimate of drug-likeness (QED) is 0.906. The van der Waals surface area contributed by atoms with E-state index in [2.05, 4.69) is 15.2 Å². The summed E-state index contributed by atoms with van der Waals surface area (Å²) in [5.41, 5.74) is 0.598. The third-order valence-corrected chi connectivity index (χ3v) is 3.99. The second kappa shape index (κ2) is 5.98. The van der Waals surface area contributed by atoms with Crippen LogP contribution in [0.3, 0.4) is 0 Å². The number of aromatic nitrogens is 1. The van der Waals surface area contributed by atoms with Crippen molar-refractivity contribution in [2.45, 2.75) is 37.8 Å². The number of halogens is 1. The van der Waals surface area contributed by atoms with E-state index in [4.69, 9.17) is 5.26 Å². The van der Waals surface area contributed by atoms with E-state index in [-0.39, 0.29) is 5.69 Å². The summed E-state index contributed by atoms with van der Waals surface area (Å²) in [6, 6.07) is 4.15. The van der Waals surface area contributed by atoms with Crippen LogP contribution in [0.25, 0.3) is 0 Å². The van der Waals surface area contributed by atoms with E-state index in [1.165, 1.54) is 6.07 Å². The van der Waals surface area contributed by atoms with Crippen LogP contribution in [-0.2, 0) is 0 Å². The van der Waals surface area contributed by atoms with Gasteiger partial charge in [0.05, 0.1) is 11.9 Å². The van der Waals surface area contributed by atoms with Crippen molar-refractivity contribution >= 4 is 5.69 Å².